The quantitative estimate of drug-likeness (QED) is 0.918. The lowest BCUT2D eigenvalue weighted by atomic mass is 9.90. The lowest BCUT2D eigenvalue weighted by Gasteiger charge is -2.16. The van der Waals surface area contributed by atoms with Gasteiger partial charge >= 0.3 is 0 Å². The Morgan fingerprint density at radius 2 is 2.00 bits per heavy atom. The van der Waals surface area contributed by atoms with Crippen LogP contribution in [0.1, 0.15) is 29.0 Å². The number of fused-ring (bicyclic) bond motifs is 1. The normalized spacial score (nSPS) is 14.5. The van der Waals surface area contributed by atoms with Crippen LogP contribution in [0.3, 0.4) is 0 Å². The van der Waals surface area contributed by atoms with Gasteiger partial charge in [0.2, 0.25) is 0 Å². The van der Waals surface area contributed by atoms with E-state index < -0.39 is 0 Å². The molecule has 1 aliphatic carbocycles. The summed E-state index contributed by atoms with van der Waals surface area (Å²) in [6, 6.07) is 6.83. The van der Waals surface area contributed by atoms with Gasteiger partial charge in [0.1, 0.15) is 0 Å². The largest absolute Gasteiger partial charge is 0.330 e. The molecular weight excluding hydrogens is 240 g/mol. The van der Waals surface area contributed by atoms with E-state index in [4.69, 9.17) is 5.73 Å². The van der Waals surface area contributed by atoms with Gasteiger partial charge in [0.15, 0.2) is 0 Å². The van der Waals surface area contributed by atoms with Gasteiger partial charge in [-0.1, -0.05) is 12.1 Å². The maximum Gasteiger partial charge on any atom is 0.0945 e. The Kier molecular flexibility index (Phi) is 3.43. The second kappa shape index (κ2) is 5.21. The average molecular weight is 258 g/mol. The summed E-state index contributed by atoms with van der Waals surface area (Å²) >= 11 is 1.72. The molecule has 3 heteroatoms. The number of aromatic nitrogens is 1. The fourth-order valence-electron chi connectivity index (χ4n) is 2.57. The van der Waals surface area contributed by atoms with Gasteiger partial charge in [0.25, 0.3) is 0 Å². The number of nitrogens with zero attached hydrogens (tertiary/aromatic N) is 1. The standard InChI is InChI=1S/C15H18N2S/c16-8-7-15-17-14(10-18-15)13-6-5-11-3-1-2-4-12(11)9-13/h5-6,9-10H,1-4,7-8,16H2. The second-order valence-electron chi connectivity index (χ2n) is 4.86. The average Bonchev–Trinajstić information content (AvgIpc) is 2.87. The Labute approximate surface area is 112 Å². The van der Waals surface area contributed by atoms with E-state index >= 15 is 0 Å². The fraction of sp³-hybridized carbons (Fsp3) is 0.400. The molecule has 1 aromatic heterocycles. The predicted octanol–water partition coefficient (Wildman–Crippen LogP) is 3.19. The van der Waals surface area contributed by atoms with Crippen LogP contribution in [0.4, 0.5) is 0 Å². The van der Waals surface area contributed by atoms with Crippen molar-refractivity contribution in [1.82, 2.24) is 4.98 Å². The third kappa shape index (κ3) is 2.33. The van der Waals surface area contributed by atoms with Crippen LogP contribution < -0.4 is 5.73 Å². The minimum absolute atomic E-state index is 0.678. The molecule has 0 amide bonds. The third-order valence-corrected chi connectivity index (χ3v) is 4.46. The van der Waals surface area contributed by atoms with E-state index in [2.05, 4.69) is 28.6 Å². The Bertz CT molecular complexity index is 545. The number of aryl methyl sites for hydroxylation is 2. The van der Waals surface area contributed by atoms with Gasteiger partial charge in [-0.2, -0.15) is 0 Å². The van der Waals surface area contributed by atoms with Gasteiger partial charge < -0.3 is 5.73 Å². The van der Waals surface area contributed by atoms with Crippen LogP contribution in [-0.2, 0) is 19.3 Å². The molecule has 0 spiro atoms. The summed E-state index contributed by atoms with van der Waals surface area (Å²) in [7, 11) is 0. The number of hydrogen-bond acceptors (Lipinski definition) is 3. The molecule has 3 rings (SSSR count). The minimum Gasteiger partial charge on any atom is -0.330 e. The molecule has 0 saturated carbocycles. The number of benzene rings is 1. The van der Waals surface area contributed by atoms with E-state index in [1.165, 1.54) is 42.4 Å². The van der Waals surface area contributed by atoms with Gasteiger partial charge in [0, 0.05) is 17.4 Å². The van der Waals surface area contributed by atoms with Gasteiger partial charge in [0.05, 0.1) is 10.7 Å². The summed E-state index contributed by atoms with van der Waals surface area (Å²) in [6.45, 7) is 0.678. The summed E-state index contributed by atoms with van der Waals surface area (Å²) in [5, 5.41) is 3.29. The first-order valence-electron chi connectivity index (χ1n) is 6.63. The van der Waals surface area contributed by atoms with E-state index in [-0.39, 0.29) is 0 Å². The molecule has 0 bridgehead atoms. The van der Waals surface area contributed by atoms with Crippen molar-refractivity contribution in [2.24, 2.45) is 5.73 Å². The molecule has 0 atom stereocenters. The molecule has 1 aliphatic rings. The number of hydrogen-bond donors (Lipinski definition) is 1. The van der Waals surface area contributed by atoms with Crippen molar-refractivity contribution in [3.05, 3.63) is 39.7 Å². The number of thiazole rings is 1. The summed E-state index contributed by atoms with van der Waals surface area (Å²) in [6.07, 6.45) is 6.01. The van der Waals surface area contributed by atoms with Crippen molar-refractivity contribution in [1.29, 1.82) is 0 Å². The molecule has 0 aliphatic heterocycles. The van der Waals surface area contributed by atoms with Crippen molar-refractivity contribution >= 4 is 11.3 Å². The highest BCUT2D eigenvalue weighted by atomic mass is 32.1. The molecule has 2 nitrogen and oxygen atoms in total. The van der Waals surface area contributed by atoms with Crippen LogP contribution in [0.25, 0.3) is 11.3 Å². The zero-order valence-electron chi connectivity index (χ0n) is 10.5. The number of rotatable bonds is 3. The predicted molar refractivity (Wildman–Crippen MR) is 77.0 cm³/mol. The van der Waals surface area contributed by atoms with Crippen molar-refractivity contribution < 1.29 is 0 Å². The zero-order chi connectivity index (χ0) is 12.4. The van der Waals surface area contributed by atoms with Crippen molar-refractivity contribution in [3.8, 4) is 11.3 Å². The molecule has 18 heavy (non-hydrogen) atoms. The van der Waals surface area contributed by atoms with Crippen LogP contribution in [0.2, 0.25) is 0 Å². The molecule has 0 saturated heterocycles. The highest BCUT2D eigenvalue weighted by Crippen LogP contribution is 2.28. The Morgan fingerprint density at radius 3 is 2.83 bits per heavy atom. The Hall–Kier alpha value is -1.19. The topological polar surface area (TPSA) is 38.9 Å². The first-order valence-corrected chi connectivity index (χ1v) is 7.51. The van der Waals surface area contributed by atoms with Crippen LogP contribution in [0, 0.1) is 0 Å². The van der Waals surface area contributed by atoms with E-state index in [9.17, 15) is 0 Å². The molecular formula is C15H18N2S. The zero-order valence-corrected chi connectivity index (χ0v) is 11.3. The molecule has 94 valence electrons. The van der Waals surface area contributed by atoms with Gasteiger partial charge in [-0.25, -0.2) is 4.98 Å². The van der Waals surface area contributed by atoms with E-state index in [0.29, 0.717) is 6.54 Å². The SMILES string of the molecule is NCCc1nc(-c2ccc3c(c2)CCCC3)cs1. The van der Waals surface area contributed by atoms with E-state index in [1.54, 1.807) is 11.3 Å². The monoisotopic (exact) mass is 258 g/mol. The van der Waals surface area contributed by atoms with Crippen LogP contribution >= 0.6 is 11.3 Å². The maximum absolute atomic E-state index is 5.57. The van der Waals surface area contributed by atoms with Gasteiger partial charge in [-0.15, -0.1) is 11.3 Å². The van der Waals surface area contributed by atoms with Gasteiger partial charge in [-0.3, -0.25) is 0 Å². The highest BCUT2D eigenvalue weighted by molar-refractivity contribution is 7.09. The second-order valence-corrected chi connectivity index (χ2v) is 5.80. The van der Waals surface area contributed by atoms with Gasteiger partial charge in [-0.05, 0) is 49.4 Å². The lowest BCUT2D eigenvalue weighted by Crippen LogP contribution is -2.03. The smallest absolute Gasteiger partial charge is 0.0945 e. The van der Waals surface area contributed by atoms with Crippen molar-refractivity contribution in [2.45, 2.75) is 32.1 Å². The van der Waals surface area contributed by atoms with Crippen molar-refractivity contribution in [2.75, 3.05) is 6.54 Å². The fourth-order valence-corrected chi connectivity index (χ4v) is 3.40. The Balaban J connectivity index is 1.91. The third-order valence-electron chi connectivity index (χ3n) is 3.55. The summed E-state index contributed by atoms with van der Waals surface area (Å²) < 4.78 is 0. The van der Waals surface area contributed by atoms with Crippen LogP contribution in [-0.4, -0.2) is 11.5 Å². The van der Waals surface area contributed by atoms with E-state index in [1.807, 2.05) is 0 Å². The first kappa shape index (κ1) is 11.9. The number of nitrogens with two attached hydrogens (primary N) is 1. The molecule has 0 unspecified atom stereocenters. The summed E-state index contributed by atoms with van der Waals surface area (Å²) in [5.74, 6) is 0. The molecule has 1 heterocycles. The first-order chi connectivity index (χ1) is 8.86. The molecule has 1 aromatic carbocycles. The van der Waals surface area contributed by atoms with Crippen molar-refractivity contribution in [3.63, 3.8) is 0 Å². The van der Waals surface area contributed by atoms with Crippen LogP contribution in [0.5, 0.6) is 0 Å². The lowest BCUT2D eigenvalue weighted by molar-refractivity contribution is 0.686. The van der Waals surface area contributed by atoms with Crippen LogP contribution in [0.15, 0.2) is 23.6 Å². The summed E-state index contributed by atoms with van der Waals surface area (Å²) in [4.78, 5) is 4.66. The molecule has 0 radical (unpaired) electrons. The molecule has 2 aromatic rings. The molecule has 2 N–H and O–H groups in total. The highest BCUT2D eigenvalue weighted by Gasteiger charge is 2.11. The van der Waals surface area contributed by atoms with E-state index in [0.717, 1.165) is 17.1 Å². The molecule has 0 fully saturated rings. The minimum atomic E-state index is 0.678. The Morgan fingerprint density at radius 1 is 1.17 bits per heavy atom. The summed E-state index contributed by atoms with van der Waals surface area (Å²) in [5.41, 5.74) is 11.0. The maximum atomic E-state index is 5.57.